The van der Waals surface area contributed by atoms with Gasteiger partial charge in [-0.1, -0.05) is 34.1 Å². The molecule has 0 radical (unpaired) electrons. The van der Waals surface area contributed by atoms with Gasteiger partial charge >= 0.3 is 0 Å². The van der Waals surface area contributed by atoms with Crippen molar-refractivity contribution in [3.05, 3.63) is 52.3 Å². The van der Waals surface area contributed by atoms with Gasteiger partial charge in [0.25, 0.3) is 0 Å². The van der Waals surface area contributed by atoms with Crippen LogP contribution < -0.4 is 0 Å². The molecule has 0 amide bonds. The van der Waals surface area contributed by atoms with Crippen LogP contribution in [0, 0.1) is 5.92 Å². The smallest absolute Gasteiger partial charge is 0.0628 e. The highest BCUT2D eigenvalue weighted by molar-refractivity contribution is 9.10. The summed E-state index contributed by atoms with van der Waals surface area (Å²) in [4.78, 5) is 0. The molecule has 18 heavy (non-hydrogen) atoms. The van der Waals surface area contributed by atoms with Gasteiger partial charge in [0.1, 0.15) is 0 Å². The summed E-state index contributed by atoms with van der Waals surface area (Å²) in [6.45, 7) is 0.178. The molecule has 1 unspecified atom stereocenters. The maximum Gasteiger partial charge on any atom is 0.0628 e. The molecule has 1 aromatic carbocycles. The number of aromatic nitrogens is 2. The third-order valence-electron chi connectivity index (χ3n) is 2.99. The maximum absolute atomic E-state index is 9.50. The lowest BCUT2D eigenvalue weighted by Crippen LogP contribution is -2.13. The van der Waals surface area contributed by atoms with E-state index >= 15 is 0 Å². The molecule has 4 heteroatoms. The largest absolute Gasteiger partial charge is 0.396 e. The minimum atomic E-state index is 0.178. The minimum absolute atomic E-state index is 0.178. The van der Waals surface area contributed by atoms with E-state index in [1.165, 1.54) is 5.56 Å². The molecule has 0 aliphatic carbocycles. The van der Waals surface area contributed by atoms with Gasteiger partial charge in [-0.15, -0.1) is 0 Å². The molecular formula is C14H17BrN2O. The van der Waals surface area contributed by atoms with Gasteiger partial charge in [0.15, 0.2) is 0 Å². The van der Waals surface area contributed by atoms with E-state index in [1.807, 2.05) is 37.5 Å². The number of halogens is 1. The number of aryl methyl sites for hydroxylation is 1. The van der Waals surface area contributed by atoms with Crippen molar-refractivity contribution in [2.75, 3.05) is 6.61 Å². The highest BCUT2D eigenvalue weighted by atomic mass is 79.9. The van der Waals surface area contributed by atoms with Crippen LogP contribution in [-0.2, 0) is 19.9 Å². The van der Waals surface area contributed by atoms with E-state index in [1.54, 1.807) is 4.68 Å². The second-order valence-electron chi connectivity index (χ2n) is 4.53. The van der Waals surface area contributed by atoms with Crippen molar-refractivity contribution in [2.45, 2.75) is 12.8 Å². The van der Waals surface area contributed by atoms with Crippen LogP contribution in [0.25, 0.3) is 0 Å². The Labute approximate surface area is 116 Å². The van der Waals surface area contributed by atoms with E-state index < -0.39 is 0 Å². The normalized spacial score (nSPS) is 12.6. The van der Waals surface area contributed by atoms with Crippen molar-refractivity contribution in [2.24, 2.45) is 13.0 Å². The van der Waals surface area contributed by atoms with Gasteiger partial charge in [0.2, 0.25) is 0 Å². The lowest BCUT2D eigenvalue weighted by atomic mass is 9.95. The number of nitrogens with zero attached hydrogens (tertiary/aromatic N) is 2. The second kappa shape index (κ2) is 6.16. The Kier molecular flexibility index (Phi) is 4.55. The van der Waals surface area contributed by atoms with E-state index in [0.717, 1.165) is 23.0 Å². The molecule has 1 atom stereocenters. The fraction of sp³-hybridized carbons (Fsp3) is 0.357. The van der Waals surface area contributed by atoms with Crippen LogP contribution in [0.1, 0.15) is 11.3 Å². The fourth-order valence-corrected chi connectivity index (χ4v) is 2.49. The molecule has 3 nitrogen and oxygen atoms in total. The number of hydrogen-bond donors (Lipinski definition) is 1. The Morgan fingerprint density at radius 2 is 2.06 bits per heavy atom. The Hall–Kier alpha value is -1.13. The summed E-state index contributed by atoms with van der Waals surface area (Å²) in [6, 6.07) is 10.1. The zero-order chi connectivity index (χ0) is 13.0. The SMILES string of the molecule is Cn1ccc(CC(CO)Cc2ccccc2Br)n1. The molecule has 0 fully saturated rings. The maximum atomic E-state index is 9.50. The van der Waals surface area contributed by atoms with Gasteiger partial charge in [-0.05, 0) is 36.5 Å². The van der Waals surface area contributed by atoms with Crippen molar-refractivity contribution in [3.8, 4) is 0 Å². The second-order valence-corrected chi connectivity index (χ2v) is 5.38. The van der Waals surface area contributed by atoms with E-state index in [-0.39, 0.29) is 12.5 Å². The Morgan fingerprint density at radius 1 is 1.28 bits per heavy atom. The molecule has 0 aliphatic rings. The summed E-state index contributed by atoms with van der Waals surface area (Å²) in [5.41, 5.74) is 2.26. The fourth-order valence-electron chi connectivity index (χ4n) is 2.04. The summed E-state index contributed by atoms with van der Waals surface area (Å²) in [5, 5.41) is 13.9. The van der Waals surface area contributed by atoms with Gasteiger partial charge in [0, 0.05) is 24.3 Å². The first-order valence-corrected chi connectivity index (χ1v) is 6.81. The first kappa shape index (κ1) is 13.3. The van der Waals surface area contributed by atoms with Crippen LogP contribution in [-0.4, -0.2) is 21.5 Å². The van der Waals surface area contributed by atoms with Crippen molar-refractivity contribution in [1.82, 2.24) is 9.78 Å². The molecule has 0 bridgehead atoms. The molecule has 0 saturated carbocycles. The first-order valence-electron chi connectivity index (χ1n) is 6.02. The predicted octanol–water partition coefficient (Wildman–Crippen LogP) is 2.58. The molecular weight excluding hydrogens is 292 g/mol. The summed E-state index contributed by atoms with van der Waals surface area (Å²) >= 11 is 3.54. The molecule has 1 N–H and O–H groups in total. The van der Waals surface area contributed by atoms with Crippen LogP contribution in [0.2, 0.25) is 0 Å². The zero-order valence-electron chi connectivity index (χ0n) is 10.4. The number of aliphatic hydroxyl groups is 1. The summed E-state index contributed by atoms with van der Waals surface area (Å²) in [6.07, 6.45) is 3.59. The predicted molar refractivity (Wildman–Crippen MR) is 75.3 cm³/mol. The van der Waals surface area contributed by atoms with E-state index in [0.29, 0.717) is 0 Å². The monoisotopic (exact) mass is 308 g/mol. The summed E-state index contributed by atoms with van der Waals surface area (Å²) < 4.78 is 2.90. The number of rotatable bonds is 5. The average molecular weight is 309 g/mol. The standard InChI is InChI=1S/C14H17BrN2O/c1-17-7-6-13(16-17)9-11(10-18)8-12-4-2-3-5-14(12)15/h2-7,11,18H,8-10H2,1H3. The highest BCUT2D eigenvalue weighted by Crippen LogP contribution is 2.21. The third kappa shape index (κ3) is 3.43. The Morgan fingerprint density at radius 3 is 2.67 bits per heavy atom. The Bertz CT molecular complexity index is 510. The minimum Gasteiger partial charge on any atom is -0.396 e. The van der Waals surface area contributed by atoms with Crippen molar-refractivity contribution >= 4 is 15.9 Å². The molecule has 0 spiro atoms. The lowest BCUT2D eigenvalue weighted by molar-refractivity contribution is 0.224. The number of benzene rings is 1. The first-order chi connectivity index (χ1) is 8.69. The summed E-state index contributed by atoms with van der Waals surface area (Å²) in [7, 11) is 1.91. The van der Waals surface area contributed by atoms with Gasteiger partial charge < -0.3 is 5.11 Å². The van der Waals surface area contributed by atoms with E-state index in [9.17, 15) is 5.11 Å². The van der Waals surface area contributed by atoms with Gasteiger partial charge in [-0.3, -0.25) is 4.68 Å². The molecule has 2 aromatic rings. The molecule has 96 valence electrons. The van der Waals surface area contributed by atoms with Gasteiger partial charge in [0.05, 0.1) is 5.69 Å². The lowest BCUT2D eigenvalue weighted by Gasteiger charge is -2.13. The average Bonchev–Trinajstić information content (AvgIpc) is 2.76. The van der Waals surface area contributed by atoms with Gasteiger partial charge in [-0.2, -0.15) is 5.10 Å². The van der Waals surface area contributed by atoms with Gasteiger partial charge in [-0.25, -0.2) is 0 Å². The van der Waals surface area contributed by atoms with Crippen LogP contribution in [0.15, 0.2) is 41.0 Å². The van der Waals surface area contributed by atoms with E-state index in [4.69, 9.17) is 0 Å². The van der Waals surface area contributed by atoms with Crippen LogP contribution in [0.3, 0.4) is 0 Å². The molecule has 1 heterocycles. The van der Waals surface area contributed by atoms with Crippen LogP contribution >= 0.6 is 15.9 Å². The zero-order valence-corrected chi connectivity index (χ0v) is 12.0. The Balaban J connectivity index is 2.04. The molecule has 0 saturated heterocycles. The molecule has 1 aromatic heterocycles. The molecule has 2 rings (SSSR count). The van der Waals surface area contributed by atoms with Crippen molar-refractivity contribution in [1.29, 1.82) is 0 Å². The van der Waals surface area contributed by atoms with Crippen LogP contribution in [0.4, 0.5) is 0 Å². The van der Waals surface area contributed by atoms with Crippen LogP contribution in [0.5, 0.6) is 0 Å². The van der Waals surface area contributed by atoms with Crippen molar-refractivity contribution < 1.29 is 5.11 Å². The molecule has 0 aliphatic heterocycles. The number of aliphatic hydroxyl groups excluding tert-OH is 1. The van der Waals surface area contributed by atoms with E-state index in [2.05, 4.69) is 27.1 Å². The number of hydrogen-bond acceptors (Lipinski definition) is 2. The topological polar surface area (TPSA) is 38.0 Å². The summed E-state index contributed by atoms with van der Waals surface area (Å²) in [5.74, 6) is 0.207. The van der Waals surface area contributed by atoms with Crippen molar-refractivity contribution in [3.63, 3.8) is 0 Å². The third-order valence-corrected chi connectivity index (χ3v) is 3.76. The quantitative estimate of drug-likeness (QED) is 0.922. The highest BCUT2D eigenvalue weighted by Gasteiger charge is 2.12.